The number of benzene rings is 2. The number of nitrogens with one attached hydrogen (secondary N) is 1. The summed E-state index contributed by atoms with van der Waals surface area (Å²) in [6.07, 6.45) is 0. The number of phenolic OH excluding ortho intramolecular Hbond substituents is 2. The number of aromatic hydroxyl groups is 2. The van der Waals surface area contributed by atoms with E-state index in [9.17, 15) is 15.0 Å². The van der Waals surface area contributed by atoms with Gasteiger partial charge in [-0.25, -0.2) is 5.43 Å². The molecule has 3 N–H and O–H groups in total. The van der Waals surface area contributed by atoms with Gasteiger partial charge in [-0.05, 0) is 24.6 Å². The Balaban J connectivity index is 1.83. The van der Waals surface area contributed by atoms with Gasteiger partial charge in [0.1, 0.15) is 11.5 Å². The third-order valence-corrected chi connectivity index (χ3v) is 4.07. The van der Waals surface area contributed by atoms with Crippen molar-refractivity contribution in [2.24, 2.45) is 5.10 Å². The van der Waals surface area contributed by atoms with Crippen LogP contribution >= 0.6 is 11.8 Å². The van der Waals surface area contributed by atoms with E-state index in [2.05, 4.69) is 10.5 Å². The van der Waals surface area contributed by atoms with Crippen LogP contribution in [0.1, 0.15) is 18.1 Å². The van der Waals surface area contributed by atoms with E-state index in [1.807, 2.05) is 30.3 Å². The number of rotatable bonds is 6. The normalized spacial score (nSPS) is 11.3. The molecule has 0 aliphatic rings. The maximum atomic E-state index is 11.8. The smallest absolute Gasteiger partial charge is 0.250 e. The summed E-state index contributed by atoms with van der Waals surface area (Å²) in [5, 5.41) is 23.0. The summed E-state index contributed by atoms with van der Waals surface area (Å²) in [5.74, 6) is 0.742. The Morgan fingerprint density at radius 2 is 1.91 bits per heavy atom. The fourth-order valence-electron chi connectivity index (χ4n) is 1.90. The van der Waals surface area contributed by atoms with Gasteiger partial charge in [-0.2, -0.15) is 5.10 Å². The molecule has 0 saturated carbocycles. The Morgan fingerprint density at radius 3 is 2.61 bits per heavy atom. The van der Waals surface area contributed by atoms with Crippen LogP contribution in [0.5, 0.6) is 11.5 Å². The van der Waals surface area contributed by atoms with Gasteiger partial charge in [0.2, 0.25) is 5.91 Å². The summed E-state index contributed by atoms with van der Waals surface area (Å²) in [6.45, 7) is 1.67. The van der Waals surface area contributed by atoms with Crippen molar-refractivity contribution in [2.45, 2.75) is 12.7 Å². The third kappa shape index (κ3) is 5.34. The molecule has 0 atom stereocenters. The number of carbonyl (C=O) groups is 1. The van der Waals surface area contributed by atoms with Gasteiger partial charge in [-0.1, -0.05) is 30.3 Å². The average Bonchev–Trinajstić information content (AvgIpc) is 2.53. The van der Waals surface area contributed by atoms with E-state index in [0.29, 0.717) is 17.0 Å². The summed E-state index contributed by atoms with van der Waals surface area (Å²) in [5.41, 5.74) is 4.55. The molecule has 0 spiro atoms. The first-order chi connectivity index (χ1) is 11.1. The van der Waals surface area contributed by atoms with Crippen molar-refractivity contribution in [3.05, 3.63) is 59.7 Å². The van der Waals surface area contributed by atoms with Crippen LogP contribution in [-0.2, 0) is 10.5 Å². The summed E-state index contributed by atoms with van der Waals surface area (Å²) in [4.78, 5) is 11.8. The number of hydrogen-bond donors (Lipinski definition) is 3. The molecule has 0 bridgehead atoms. The van der Waals surface area contributed by atoms with Crippen LogP contribution in [0.2, 0.25) is 0 Å². The van der Waals surface area contributed by atoms with Gasteiger partial charge in [0.25, 0.3) is 0 Å². The van der Waals surface area contributed by atoms with Gasteiger partial charge < -0.3 is 10.2 Å². The highest BCUT2D eigenvalue weighted by Crippen LogP contribution is 2.22. The highest BCUT2D eigenvalue weighted by molar-refractivity contribution is 7.99. The Bertz CT molecular complexity index is 702. The van der Waals surface area contributed by atoms with Crippen molar-refractivity contribution in [3.63, 3.8) is 0 Å². The molecule has 0 radical (unpaired) electrons. The van der Waals surface area contributed by atoms with Crippen molar-refractivity contribution in [1.29, 1.82) is 0 Å². The van der Waals surface area contributed by atoms with Gasteiger partial charge in [0, 0.05) is 17.4 Å². The molecular formula is C17H18N2O3S. The Hall–Kier alpha value is -2.47. The molecule has 0 fully saturated rings. The van der Waals surface area contributed by atoms with Crippen molar-refractivity contribution in [3.8, 4) is 11.5 Å². The minimum Gasteiger partial charge on any atom is -0.508 e. The highest BCUT2D eigenvalue weighted by Gasteiger charge is 2.07. The molecule has 0 saturated heterocycles. The quantitative estimate of drug-likeness (QED) is 0.562. The second-order valence-corrected chi connectivity index (χ2v) is 5.90. The van der Waals surface area contributed by atoms with E-state index in [4.69, 9.17) is 0 Å². The van der Waals surface area contributed by atoms with E-state index < -0.39 is 0 Å². The summed E-state index contributed by atoms with van der Waals surface area (Å²) in [6, 6.07) is 14.1. The van der Waals surface area contributed by atoms with Gasteiger partial charge >= 0.3 is 0 Å². The largest absolute Gasteiger partial charge is 0.508 e. The molecule has 2 aromatic carbocycles. The monoisotopic (exact) mass is 330 g/mol. The second-order valence-electron chi connectivity index (χ2n) is 4.91. The molecule has 6 heteroatoms. The summed E-state index contributed by atoms with van der Waals surface area (Å²) in [7, 11) is 0. The maximum Gasteiger partial charge on any atom is 0.250 e. The predicted molar refractivity (Wildman–Crippen MR) is 92.7 cm³/mol. The molecule has 5 nitrogen and oxygen atoms in total. The molecule has 2 rings (SSSR count). The number of carbonyl (C=O) groups excluding carboxylic acids is 1. The predicted octanol–water partition coefficient (Wildman–Crippen LogP) is 2.87. The molecule has 0 aliphatic carbocycles. The molecule has 0 unspecified atom stereocenters. The lowest BCUT2D eigenvalue weighted by Crippen LogP contribution is -2.21. The lowest BCUT2D eigenvalue weighted by molar-refractivity contribution is -0.118. The first kappa shape index (κ1) is 16.9. The molecule has 2 aromatic rings. The van der Waals surface area contributed by atoms with Crippen LogP contribution in [0, 0.1) is 0 Å². The second kappa shape index (κ2) is 8.24. The zero-order chi connectivity index (χ0) is 16.7. The Labute approximate surface area is 139 Å². The summed E-state index contributed by atoms with van der Waals surface area (Å²) < 4.78 is 0. The lowest BCUT2D eigenvalue weighted by Gasteiger charge is -2.05. The molecule has 1 amide bonds. The Kier molecular flexibility index (Phi) is 6.05. The number of phenols is 2. The van der Waals surface area contributed by atoms with Gasteiger partial charge in [0.15, 0.2) is 0 Å². The van der Waals surface area contributed by atoms with E-state index >= 15 is 0 Å². The first-order valence-electron chi connectivity index (χ1n) is 7.03. The zero-order valence-corrected chi connectivity index (χ0v) is 13.5. The molecular weight excluding hydrogens is 312 g/mol. The average molecular weight is 330 g/mol. The topological polar surface area (TPSA) is 81.9 Å². The van der Waals surface area contributed by atoms with Crippen LogP contribution in [0.25, 0.3) is 0 Å². The number of amides is 1. The van der Waals surface area contributed by atoms with Gasteiger partial charge in [0.05, 0.1) is 11.5 Å². The number of nitrogens with zero attached hydrogens (tertiary/aromatic N) is 1. The van der Waals surface area contributed by atoms with Crippen LogP contribution in [-0.4, -0.2) is 27.6 Å². The van der Waals surface area contributed by atoms with Crippen LogP contribution in [0.4, 0.5) is 0 Å². The van der Waals surface area contributed by atoms with Crippen LogP contribution in [0.3, 0.4) is 0 Å². The Morgan fingerprint density at radius 1 is 1.17 bits per heavy atom. The molecule has 23 heavy (non-hydrogen) atoms. The standard InChI is InChI=1S/C17H18N2O3S/c1-12(15-8-7-14(20)9-16(15)21)18-19-17(22)11-23-10-13-5-3-2-4-6-13/h2-9,20-21H,10-11H2,1H3,(H,19,22)/b18-12-. The molecule has 0 aliphatic heterocycles. The van der Waals surface area contributed by atoms with Crippen molar-refractivity contribution in [1.82, 2.24) is 5.43 Å². The van der Waals surface area contributed by atoms with Crippen LogP contribution < -0.4 is 5.43 Å². The maximum absolute atomic E-state index is 11.8. The third-order valence-electron chi connectivity index (χ3n) is 3.06. The zero-order valence-electron chi connectivity index (χ0n) is 12.7. The summed E-state index contributed by atoms with van der Waals surface area (Å²) >= 11 is 1.50. The number of thioether (sulfide) groups is 1. The van der Waals surface area contributed by atoms with E-state index in [1.54, 1.807) is 13.0 Å². The van der Waals surface area contributed by atoms with Crippen molar-refractivity contribution in [2.75, 3.05) is 5.75 Å². The van der Waals surface area contributed by atoms with Crippen LogP contribution in [0.15, 0.2) is 53.6 Å². The number of hydrogen-bond acceptors (Lipinski definition) is 5. The fourth-order valence-corrected chi connectivity index (χ4v) is 2.68. The van der Waals surface area contributed by atoms with Crippen molar-refractivity contribution >= 4 is 23.4 Å². The highest BCUT2D eigenvalue weighted by atomic mass is 32.2. The van der Waals surface area contributed by atoms with E-state index in [1.165, 1.54) is 29.5 Å². The minimum absolute atomic E-state index is 0.0274. The molecule has 0 aromatic heterocycles. The van der Waals surface area contributed by atoms with Crippen molar-refractivity contribution < 1.29 is 15.0 Å². The minimum atomic E-state index is -0.205. The fraction of sp³-hybridized carbons (Fsp3) is 0.176. The number of hydrazone groups is 1. The molecule has 120 valence electrons. The van der Waals surface area contributed by atoms with E-state index in [0.717, 1.165) is 5.75 Å². The van der Waals surface area contributed by atoms with E-state index in [-0.39, 0.29) is 17.4 Å². The first-order valence-corrected chi connectivity index (χ1v) is 8.19. The van der Waals surface area contributed by atoms with Gasteiger partial charge in [-0.15, -0.1) is 11.8 Å². The molecule has 0 heterocycles. The van der Waals surface area contributed by atoms with Gasteiger partial charge in [-0.3, -0.25) is 4.79 Å². The SMILES string of the molecule is C/C(=N/NC(=O)CSCc1ccccc1)c1ccc(O)cc1O. The lowest BCUT2D eigenvalue weighted by atomic mass is 10.1.